The Bertz CT molecular complexity index is 1270. The van der Waals surface area contributed by atoms with E-state index in [1.54, 1.807) is 47.4 Å². The van der Waals surface area contributed by atoms with E-state index in [0.29, 0.717) is 27.8 Å². The summed E-state index contributed by atoms with van der Waals surface area (Å²) in [6.45, 7) is 0.382. The Morgan fingerprint density at radius 3 is 2.71 bits per heavy atom. The first-order valence-electron chi connectivity index (χ1n) is 8.25. The highest BCUT2D eigenvalue weighted by Gasteiger charge is 2.19. The van der Waals surface area contributed by atoms with Crippen LogP contribution in [0.4, 0.5) is 5.69 Å². The van der Waals surface area contributed by atoms with Gasteiger partial charge >= 0.3 is 0 Å². The number of rotatable bonds is 5. The molecule has 6 nitrogen and oxygen atoms in total. The van der Waals surface area contributed by atoms with Crippen molar-refractivity contribution in [2.75, 3.05) is 4.72 Å². The smallest absolute Gasteiger partial charge is 0.264 e. The van der Waals surface area contributed by atoms with Gasteiger partial charge in [0, 0.05) is 27.8 Å². The van der Waals surface area contributed by atoms with Gasteiger partial charge in [0.15, 0.2) is 0 Å². The van der Waals surface area contributed by atoms with Crippen LogP contribution in [0.3, 0.4) is 0 Å². The molecule has 2 aromatic carbocycles. The van der Waals surface area contributed by atoms with Gasteiger partial charge in [-0.3, -0.25) is 14.4 Å². The van der Waals surface area contributed by atoms with Crippen LogP contribution in [0, 0.1) is 0 Å². The van der Waals surface area contributed by atoms with Gasteiger partial charge in [0.05, 0.1) is 23.9 Å². The molecule has 0 aliphatic rings. The summed E-state index contributed by atoms with van der Waals surface area (Å²) in [7, 11) is -3.82. The third kappa shape index (κ3) is 3.82. The Balaban J connectivity index is 1.59. The monoisotopic (exact) mass is 432 g/mol. The predicted molar refractivity (Wildman–Crippen MR) is 110 cm³/mol. The zero-order chi connectivity index (χ0) is 19.7. The Labute approximate surface area is 171 Å². The summed E-state index contributed by atoms with van der Waals surface area (Å²) < 4.78 is 29.8. The molecular formula is C19H14Cl2N4O2S. The maximum Gasteiger partial charge on any atom is 0.264 e. The topological polar surface area (TPSA) is 76.9 Å². The number of benzene rings is 2. The average Bonchev–Trinajstić information content (AvgIpc) is 3.09. The van der Waals surface area contributed by atoms with Gasteiger partial charge in [0.25, 0.3) is 10.0 Å². The lowest BCUT2D eigenvalue weighted by Gasteiger charge is -2.08. The summed E-state index contributed by atoms with van der Waals surface area (Å²) in [5.74, 6) is 0. The number of halogens is 2. The van der Waals surface area contributed by atoms with E-state index in [2.05, 4.69) is 14.8 Å². The lowest BCUT2D eigenvalue weighted by Crippen LogP contribution is -2.13. The molecule has 0 bridgehead atoms. The fraction of sp³-hybridized carbons (Fsp3) is 0.0526. The Hall–Kier alpha value is -2.61. The molecule has 0 unspecified atom stereocenters. The van der Waals surface area contributed by atoms with Gasteiger partial charge in [0.1, 0.15) is 4.90 Å². The summed E-state index contributed by atoms with van der Waals surface area (Å²) in [5.41, 5.74) is 1.58. The maximum atomic E-state index is 12.9. The van der Waals surface area contributed by atoms with Crippen molar-refractivity contribution in [3.05, 3.63) is 82.7 Å². The number of sulfonamides is 1. The molecule has 4 rings (SSSR count). The van der Waals surface area contributed by atoms with Crippen molar-refractivity contribution in [1.29, 1.82) is 0 Å². The molecule has 2 heterocycles. The van der Waals surface area contributed by atoms with Gasteiger partial charge in [-0.2, -0.15) is 5.10 Å². The number of aromatic nitrogens is 3. The summed E-state index contributed by atoms with van der Waals surface area (Å²) in [6.07, 6.45) is 4.61. The van der Waals surface area contributed by atoms with Crippen molar-refractivity contribution in [2.24, 2.45) is 0 Å². The minimum Gasteiger partial charge on any atom is -0.276 e. The average molecular weight is 433 g/mol. The van der Waals surface area contributed by atoms with Gasteiger partial charge in [-0.05, 0) is 29.8 Å². The van der Waals surface area contributed by atoms with E-state index in [4.69, 9.17) is 23.2 Å². The molecule has 4 aromatic rings. The van der Waals surface area contributed by atoms with Crippen LogP contribution in [0.25, 0.3) is 10.9 Å². The second-order valence-electron chi connectivity index (χ2n) is 6.10. The molecule has 0 spiro atoms. The first-order valence-corrected chi connectivity index (χ1v) is 10.5. The summed E-state index contributed by atoms with van der Waals surface area (Å²) in [4.78, 5) is 4.31. The van der Waals surface area contributed by atoms with Crippen molar-refractivity contribution in [3.8, 4) is 0 Å². The highest BCUT2D eigenvalue weighted by Crippen LogP contribution is 2.24. The quantitative estimate of drug-likeness (QED) is 0.500. The second-order valence-corrected chi connectivity index (χ2v) is 8.59. The Kier molecular flexibility index (Phi) is 4.97. The van der Waals surface area contributed by atoms with E-state index in [9.17, 15) is 8.42 Å². The van der Waals surface area contributed by atoms with Gasteiger partial charge in [-0.15, -0.1) is 0 Å². The Morgan fingerprint density at radius 2 is 1.89 bits per heavy atom. The lowest BCUT2D eigenvalue weighted by atomic mass is 10.2. The van der Waals surface area contributed by atoms with Crippen molar-refractivity contribution < 1.29 is 8.42 Å². The molecule has 0 aliphatic heterocycles. The first kappa shape index (κ1) is 18.7. The molecular weight excluding hydrogens is 419 g/mol. The van der Waals surface area contributed by atoms with E-state index in [0.717, 1.165) is 10.9 Å². The fourth-order valence-corrected chi connectivity index (χ4v) is 4.51. The minimum absolute atomic E-state index is 0.110. The standard InChI is InChI=1S/C19H14Cl2N4O2S/c20-15-7-6-14(17(21)9-15)11-25-12-16(10-23-25)24-28(26,27)18-5-1-3-13-4-2-8-22-19(13)18/h1-10,12,24H,11H2. The lowest BCUT2D eigenvalue weighted by molar-refractivity contribution is 0.602. The molecule has 2 aromatic heterocycles. The third-order valence-electron chi connectivity index (χ3n) is 4.12. The zero-order valence-electron chi connectivity index (χ0n) is 14.4. The highest BCUT2D eigenvalue weighted by molar-refractivity contribution is 7.93. The third-order valence-corrected chi connectivity index (χ3v) is 6.12. The SMILES string of the molecule is O=S(=O)(Nc1cnn(Cc2ccc(Cl)cc2Cl)c1)c1cccc2cccnc12. The predicted octanol–water partition coefficient (Wildman–Crippen LogP) is 4.59. The normalized spacial score (nSPS) is 11.6. The van der Waals surface area contributed by atoms with E-state index >= 15 is 0 Å². The summed E-state index contributed by atoms with van der Waals surface area (Å²) in [6, 6.07) is 13.8. The van der Waals surface area contributed by atoms with Crippen molar-refractivity contribution >= 4 is 49.8 Å². The van der Waals surface area contributed by atoms with E-state index < -0.39 is 10.0 Å². The molecule has 0 amide bonds. The number of fused-ring (bicyclic) bond motifs is 1. The molecule has 0 saturated heterocycles. The number of para-hydroxylation sites is 1. The molecule has 0 aliphatic carbocycles. The minimum atomic E-state index is -3.82. The number of nitrogens with one attached hydrogen (secondary N) is 1. The molecule has 0 fully saturated rings. The molecule has 1 N–H and O–H groups in total. The van der Waals surface area contributed by atoms with Crippen molar-refractivity contribution in [2.45, 2.75) is 11.4 Å². The number of anilines is 1. The van der Waals surface area contributed by atoms with Crippen LogP contribution in [0.2, 0.25) is 10.0 Å². The highest BCUT2D eigenvalue weighted by atomic mass is 35.5. The van der Waals surface area contributed by atoms with Gasteiger partial charge in [-0.25, -0.2) is 8.42 Å². The molecule has 142 valence electrons. The number of pyridine rings is 1. The molecule has 28 heavy (non-hydrogen) atoms. The number of hydrogen-bond donors (Lipinski definition) is 1. The van der Waals surface area contributed by atoms with Gasteiger partial charge < -0.3 is 0 Å². The van der Waals surface area contributed by atoms with Crippen LogP contribution in [-0.2, 0) is 16.6 Å². The van der Waals surface area contributed by atoms with Crippen LogP contribution in [0.5, 0.6) is 0 Å². The number of nitrogens with zero attached hydrogens (tertiary/aromatic N) is 3. The van der Waals surface area contributed by atoms with E-state index in [1.165, 1.54) is 12.3 Å². The van der Waals surface area contributed by atoms with Crippen LogP contribution >= 0.6 is 23.2 Å². The largest absolute Gasteiger partial charge is 0.276 e. The molecule has 0 saturated carbocycles. The van der Waals surface area contributed by atoms with Crippen LogP contribution in [-0.4, -0.2) is 23.2 Å². The summed E-state index contributed by atoms with van der Waals surface area (Å²) in [5, 5.41) is 6.01. The Morgan fingerprint density at radius 1 is 1.07 bits per heavy atom. The molecule has 9 heteroatoms. The zero-order valence-corrected chi connectivity index (χ0v) is 16.7. The van der Waals surface area contributed by atoms with Crippen LogP contribution in [0.1, 0.15) is 5.56 Å². The van der Waals surface area contributed by atoms with Crippen molar-refractivity contribution in [1.82, 2.24) is 14.8 Å². The maximum absolute atomic E-state index is 12.9. The van der Waals surface area contributed by atoms with Gasteiger partial charge in [-0.1, -0.05) is 47.5 Å². The molecule has 0 radical (unpaired) electrons. The van der Waals surface area contributed by atoms with Gasteiger partial charge in [0.2, 0.25) is 0 Å². The number of hydrogen-bond acceptors (Lipinski definition) is 4. The molecule has 0 atom stereocenters. The van der Waals surface area contributed by atoms with E-state index in [-0.39, 0.29) is 4.90 Å². The second kappa shape index (κ2) is 7.43. The first-order chi connectivity index (χ1) is 13.4. The summed E-state index contributed by atoms with van der Waals surface area (Å²) >= 11 is 12.1. The van der Waals surface area contributed by atoms with Crippen LogP contribution in [0.15, 0.2) is 72.0 Å². The van der Waals surface area contributed by atoms with Crippen molar-refractivity contribution in [3.63, 3.8) is 0 Å². The van der Waals surface area contributed by atoms with E-state index in [1.807, 2.05) is 12.1 Å². The van der Waals surface area contributed by atoms with Crippen LogP contribution < -0.4 is 4.72 Å². The fourth-order valence-electron chi connectivity index (χ4n) is 2.83.